The van der Waals surface area contributed by atoms with Gasteiger partial charge in [-0.1, -0.05) is 48.3 Å². The minimum Gasteiger partial charge on any atom is -0.383 e. The molecular formula is C22H23Cl2N5O. The molecule has 0 atom stereocenters. The van der Waals surface area contributed by atoms with Gasteiger partial charge < -0.3 is 16.8 Å². The smallest absolute Gasteiger partial charge is 0.224 e. The van der Waals surface area contributed by atoms with Gasteiger partial charge in [-0.05, 0) is 54.7 Å². The van der Waals surface area contributed by atoms with Gasteiger partial charge in [-0.2, -0.15) is 4.98 Å². The van der Waals surface area contributed by atoms with Crippen LogP contribution in [-0.4, -0.2) is 15.9 Å². The first-order valence-electron chi connectivity index (χ1n) is 9.63. The summed E-state index contributed by atoms with van der Waals surface area (Å²) in [5.74, 6) is 0.318. The van der Waals surface area contributed by atoms with E-state index >= 15 is 0 Å². The van der Waals surface area contributed by atoms with Crippen LogP contribution in [0.3, 0.4) is 0 Å². The fourth-order valence-electron chi connectivity index (χ4n) is 3.21. The minimum absolute atomic E-state index is 0.111. The molecular weight excluding hydrogens is 421 g/mol. The van der Waals surface area contributed by atoms with Crippen LogP contribution < -0.4 is 16.8 Å². The van der Waals surface area contributed by atoms with E-state index < -0.39 is 0 Å². The summed E-state index contributed by atoms with van der Waals surface area (Å²) >= 11 is 12.2. The lowest BCUT2D eigenvalue weighted by Gasteiger charge is -2.13. The van der Waals surface area contributed by atoms with E-state index in [2.05, 4.69) is 15.3 Å². The van der Waals surface area contributed by atoms with Crippen molar-refractivity contribution in [2.75, 3.05) is 16.8 Å². The highest BCUT2D eigenvalue weighted by Crippen LogP contribution is 2.33. The van der Waals surface area contributed by atoms with Crippen LogP contribution >= 0.6 is 23.2 Å². The Bertz CT molecular complexity index is 1050. The number of nitrogen functional groups attached to an aromatic ring is 2. The first-order chi connectivity index (χ1) is 14.4. The number of nitrogens with two attached hydrogens (primary N) is 2. The fourth-order valence-corrected chi connectivity index (χ4v) is 3.50. The second kappa shape index (κ2) is 9.78. The van der Waals surface area contributed by atoms with Crippen molar-refractivity contribution in [2.24, 2.45) is 0 Å². The number of nitrogens with one attached hydrogen (secondary N) is 1. The molecule has 5 N–H and O–H groups in total. The lowest BCUT2D eigenvalue weighted by molar-refractivity contribution is -0.116. The zero-order chi connectivity index (χ0) is 21.7. The number of carbonyl (C=O) groups excluding carboxylic acids is 1. The molecule has 0 aliphatic heterocycles. The third kappa shape index (κ3) is 5.40. The standard InChI is InChI=1S/C22H23Cl2N5O/c1-2-17-20(21(25)29-22(26)28-17)14-8-11-16(24)18(12-14)27-19(30)5-3-4-13-6-9-15(23)10-7-13/h6-12H,2-5H2,1H3,(H,27,30)(H4,25,26,28,29). The number of amides is 1. The summed E-state index contributed by atoms with van der Waals surface area (Å²) < 4.78 is 0. The maximum Gasteiger partial charge on any atom is 0.224 e. The van der Waals surface area contributed by atoms with E-state index in [0.29, 0.717) is 46.4 Å². The number of nitrogens with zero attached hydrogens (tertiary/aromatic N) is 2. The largest absolute Gasteiger partial charge is 0.383 e. The Hall–Kier alpha value is -2.83. The Morgan fingerprint density at radius 2 is 1.80 bits per heavy atom. The second-order valence-electron chi connectivity index (χ2n) is 6.87. The van der Waals surface area contributed by atoms with Crippen LogP contribution in [0.25, 0.3) is 11.1 Å². The van der Waals surface area contributed by atoms with Gasteiger partial charge >= 0.3 is 0 Å². The number of aromatic nitrogens is 2. The predicted molar refractivity (Wildman–Crippen MR) is 124 cm³/mol. The van der Waals surface area contributed by atoms with E-state index in [9.17, 15) is 4.79 Å². The van der Waals surface area contributed by atoms with E-state index in [1.54, 1.807) is 12.1 Å². The zero-order valence-electron chi connectivity index (χ0n) is 16.6. The van der Waals surface area contributed by atoms with Crippen molar-refractivity contribution in [1.29, 1.82) is 0 Å². The lowest BCUT2D eigenvalue weighted by Crippen LogP contribution is -2.12. The van der Waals surface area contributed by atoms with Crippen molar-refractivity contribution in [1.82, 2.24) is 9.97 Å². The van der Waals surface area contributed by atoms with Crippen molar-refractivity contribution in [2.45, 2.75) is 32.6 Å². The van der Waals surface area contributed by atoms with Crippen LogP contribution in [0.1, 0.15) is 31.0 Å². The van der Waals surface area contributed by atoms with E-state index in [1.165, 1.54) is 0 Å². The molecule has 1 heterocycles. The number of aryl methyl sites for hydroxylation is 2. The third-order valence-electron chi connectivity index (χ3n) is 4.68. The molecule has 30 heavy (non-hydrogen) atoms. The molecule has 1 aromatic heterocycles. The van der Waals surface area contributed by atoms with Gasteiger partial charge in [0.1, 0.15) is 5.82 Å². The molecule has 0 unspecified atom stereocenters. The number of halogens is 2. The van der Waals surface area contributed by atoms with Gasteiger partial charge in [-0.15, -0.1) is 0 Å². The van der Waals surface area contributed by atoms with Crippen molar-refractivity contribution < 1.29 is 4.79 Å². The van der Waals surface area contributed by atoms with Crippen LogP contribution in [0.4, 0.5) is 17.5 Å². The van der Waals surface area contributed by atoms with Crippen LogP contribution in [0.2, 0.25) is 10.0 Å². The number of carbonyl (C=O) groups is 1. The average molecular weight is 444 g/mol. The fraction of sp³-hybridized carbons (Fsp3) is 0.227. The average Bonchev–Trinajstić information content (AvgIpc) is 2.71. The Morgan fingerprint density at radius 3 is 2.50 bits per heavy atom. The molecule has 1 amide bonds. The van der Waals surface area contributed by atoms with E-state index in [-0.39, 0.29) is 11.9 Å². The Morgan fingerprint density at radius 1 is 1.07 bits per heavy atom. The van der Waals surface area contributed by atoms with Crippen LogP contribution in [-0.2, 0) is 17.6 Å². The quantitative estimate of drug-likeness (QED) is 0.468. The number of benzene rings is 2. The zero-order valence-corrected chi connectivity index (χ0v) is 18.1. The molecule has 8 heteroatoms. The summed E-state index contributed by atoms with van der Waals surface area (Å²) in [6.45, 7) is 1.96. The molecule has 2 aromatic carbocycles. The summed E-state index contributed by atoms with van der Waals surface area (Å²) in [6.07, 6.45) is 2.51. The van der Waals surface area contributed by atoms with E-state index in [1.807, 2.05) is 37.3 Å². The summed E-state index contributed by atoms with van der Waals surface area (Å²) in [7, 11) is 0. The maximum atomic E-state index is 12.4. The first-order valence-corrected chi connectivity index (χ1v) is 10.4. The maximum absolute atomic E-state index is 12.4. The van der Waals surface area contributed by atoms with Gasteiger partial charge in [-0.3, -0.25) is 4.79 Å². The molecule has 0 spiro atoms. The number of hydrogen-bond donors (Lipinski definition) is 3. The van der Waals surface area contributed by atoms with E-state index in [4.69, 9.17) is 34.7 Å². The highest BCUT2D eigenvalue weighted by atomic mass is 35.5. The molecule has 3 rings (SSSR count). The van der Waals surface area contributed by atoms with Gasteiger partial charge in [0, 0.05) is 17.0 Å². The summed E-state index contributed by atoms with van der Waals surface area (Å²) in [6, 6.07) is 12.9. The van der Waals surface area contributed by atoms with Crippen molar-refractivity contribution >= 4 is 46.6 Å². The predicted octanol–water partition coefficient (Wildman–Crippen LogP) is 5.14. The summed E-state index contributed by atoms with van der Waals surface area (Å²) in [5, 5.41) is 4.03. The normalized spacial score (nSPS) is 10.8. The lowest BCUT2D eigenvalue weighted by atomic mass is 10.0. The topological polar surface area (TPSA) is 107 Å². The Labute approximate surface area is 185 Å². The second-order valence-corrected chi connectivity index (χ2v) is 7.71. The molecule has 0 saturated heterocycles. The molecule has 0 radical (unpaired) electrons. The Balaban J connectivity index is 1.71. The summed E-state index contributed by atoms with van der Waals surface area (Å²) in [4.78, 5) is 20.8. The molecule has 0 aliphatic rings. The van der Waals surface area contributed by atoms with Gasteiger partial charge in [-0.25, -0.2) is 4.98 Å². The Kier molecular flexibility index (Phi) is 7.13. The monoisotopic (exact) mass is 443 g/mol. The molecule has 0 fully saturated rings. The number of anilines is 3. The SMILES string of the molecule is CCc1nc(N)nc(N)c1-c1ccc(Cl)c(NC(=O)CCCc2ccc(Cl)cc2)c1. The highest BCUT2D eigenvalue weighted by molar-refractivity contribution is 6.33. The molecule has 0 saturated carbocycles. The van der Waals surface area contributed by atoms with Crippen molar-refractivity contribution in [3.8, 4) is 11.1 Å². The third-order valence-corrected chi connectivity index (χ3v) is 5.26. The molecule has 3 aromatic rings. The van der Waals surface area contributed by atoms with Gasteiger partial charge in [0.2, 0.25) is 11.9 Å². The number of rotatable bonds is 7. The summed E-state index contributed by atoms with van der Waals surface area (Å²) in [5.41, 5.74) is 15.7. The van der Waals surface area contributed by atoms with Crippen molar-refractivity contribution in [3.63, 3.8) is 0 Å². The molecule has 6 nitrogen and oxygen atoms in total. The van der Waals surface area contributed by atoms with Crippen LogP contribution in [0.15, 0.2) is 42.5 Å². The van der Waals surface area contributed by atoms with Gasteiger partial charge in [0.15, 0.2) is 0 Å². The van der Waals surface area contributed by atoms with Crippen LogP contribution in [0.5, 0.6) is 0 Å². The first kappa shape index (κ1) is 21.9. The minimum atomic E-state index is -0.111. The number of hydrogen-bond acceptors (Lipinski definition) is 5. The van der Waals surface area contributed by atoms with E-state index in [0.717, 1.165) is 23.2 Å². The van der Waals surface area contributed by atoms with Gasteiger partial charge in [0.25, 0.3) is 0 Å². The highest BCUT2D eigenvalue weighted by Gasteiger charge is 2.15. The molecule has 156 valence electrons. The van der Waals surface area contributed by atoms with Gasteiger partial charge in [0.05, 0.1) is 16.4 Å². The van der Waals surface area contributed by atoms with Crippen molar-refractivity contribution in [3.05, 3.63) is 63.8 Å². The van der Waals surface area contributed by atoms with Crippen LogP contribution in [0, 0.1) is 0 Å². The molecule has 0 aliphatic carbocycles. The molecule has 0 bridgehead atoms.